The zero-order valence-corrected chi connectivity index (χ0v) is 18.1. The van der Waals surface area contributed by atoms with E-state index in [9.17, 15) is 5.26 Å². The average Bonchev–Trinajstić information content (AvgIpc) is 3.28. The third-order valence-corrected chi connectivity index (χ3v) is 7.39. The van der Waals surface area contributed by atoms with E-state index in [1.54, 1.807) is 19.5 Å². The first-order valence-electron chi connectivity index (χ1n) is 11.0. The van der Waals surface area contributed by atoms with E-state index in [2.05, 4.69) is 36.2 Å². The van der Waals surface area contributed by atoms with E-state index in [-0.39, 0.29) is 5.41 Å². The van der Waals surface area contributed by atoms with Crippen LogP contribution in [0.3, 0.4) is 0 Å². The van der Waals surface area contributed by atoms with Gasteiger partial charge < -0.3 is 10.5 Å². The number of pyridine rings is 1. The summed E-state index contributed by atoms with van der Waals surface area (Å²) < 4.78 is 5.65. The van der Waals surface area contributed by atoms with E-state index in [0.717, 1.165) is 60.9 Å². The second-order valence-electron chi connectivity index (χ2n) is 8.92. The highest BCUT2D eigenvalue weighted by Crippen LogP contribution is 2.62. The van der Waals surface area contributed by atoms with Gasteiger partial charge in [-0.3, -0.25) is 9.98 Å². The molecule has 1 aromatic heterocycles. The number of amidine groups is 1. The van der Waals surface area contributed by atoms with E-state index in [1.807, 2.05) is 6.07 Å². The minimum absolute atomic E-state index is 0.0721. The summed E-state index contributed by atoms with van der Waals surface area (Å²) in [5.74, 6) is 0.571. The number of benzene rings is 1. The summed E-state index contributed by atoms with van der Waals surface area (Å²) in [6, 6.07) is 10.6. The third kappa shape index (κ3) is 2.91. The van der Waals surface area contributed by atoms with Crippen LogP contribution in [0.1, 0.15) is 55.7 Å². The number of nitrogens with two attached hydrogens (primary N) is 1. The minimum atomic E-state index is -0.660. The van der Waals surface area contributed by atoms with Gasteiger partial charge in [0.05, 0.1) is 17.4 Å². The van der Waals surface area contributed by atoms with E-state index in [0.29, 0.717) is 17.5 Å². The van der Waals surface area contributed by atoms with Crippen LogP contribution in [-0.4, -0.2) is 29.7 Å². The molecule has 0 bridgehead atoms. The predicted octanol–water partition coefficient (Wildman–Crippen LogP) is 4.13. The van der Waals surface area contributed by atoms with Gasteiger partial charge in [-0.25, -0.2) is 4.99 Å². The van der Waals surface area contributed by atoms with Gasteiger partial charge >= 0.3 is 0 Å². The number of fused-ring (bicyclic) bond motifs is 3. The fraction of sp³-hybridized carbons (Fsp3) is 0.440. The lowest BCUT2D eigenvalue weighted by Gasteiger charge is -2.44. The molecule has 1 aliphatic heterocycles. The monoisotopic (exact) mass is 413 g/mol. The van der Waals surface area contributed by atoms with Gasteiger partial charge in [0, 0.05) is 36.0 Å². The summed E-state index contributed by atoms with van der Waals surface area (Å²) in [4.78, 5) is 14.6. The molecule has 0 radical (unpaired) electrons. The number of methoxy groups -OCH3 is 1. The molecule has 2 N–H and O–H groups in total. The summed E-state index contributed by atoms with van der Waals surface area (Å²) >= 11 is 0. The SMILES string of the molecule is CCC1=NC2(N=C1N)c1cc(-c3cncc(C#N)c3)ccc1CC21CCC(OC)CC1. The highest BCUT2D eigenvalue weighted by molar-refractivity contribution is 6.42. The standard InChI is InChI=1S/C25H27N5O/c1-3-22-23(27)30-25(29-22)21-11-17(19-10-16(13-26)14-28-15-19)4-5-18(21)12-24(25)8-6-20(31-2)7-9-24/h4-5,10-11,14-15,20H,3,6-9,12H2,1-2H3,(H2,27,30). The molecule has 1 fully saturated rings. The maximum atomic E-state index is 9.27. The summed E-state index contributed by atoms with van der Waals surface area (Å²) in [5.41, 5.74) is 11.5. The van der Waals surface area contributed by atoms with Crippen LogP contribution < -0.4 is 5.73 Å². The van der Waals surface area contributed by atoms with Crippen LogP contribution in [0, 0.1) is 16.7 Å². The van der Waals surface area contributed by atoms with Gasteiger partial charge in [-0.1, -0.05) is 19.1 Å². The topological polar surface area (TPSA) is 96.6 Å². The first-order chi connectivity index (χ1) is 15.0. The average molecular weight is 414 g/mol. The highest BCUT2D eigenvalue weighted by Gasteiger charge is 2.60. The molecule has 3 aliphatic rings. The van der Waals surface area contributed by atoms with Crippen molar-refractivity contribution in [1.29, 1.82) is 5.26 Å². The Hall–Kier alpha value is -3.04. The lowest BCUT2D eigenvalue weighted by molar-refractivity contribution is -0.000389. The first kappa shape index (κ1) is 19.9. The Morgan fingerprint density at radius 1 is 1.16 bits per heavy atom. The Bertz CT molecular complexity index is 1140. The lowest BCUT2D eigenvalue weighted by Crippen LogP contribution is -2.43. The number of hydrogen-bond donors (Lipinski definition) is 1. The van der Waals surface area contributed by atoms with Crippen molar-refractivity contribution in [2.24, 2.45) is 21.1 Å². The second-order valence-corrected chi connectivity index (χ2v) is 8.92. The molecule has 0 saturated heterocycles. The van der Waals surface area contributed by atoms with Gasteiger partial charge in [-0.05, 0) is 61.8 Å². The Labute approximate surface area is 182 Å². The molecular formula is C25H27N5O. The number of aromatic nitrogens is 1. The number of nitriles is 1. The van der Waals surface area contributed by atoms with E-state index in [4.69, 9.17) is 20.5 Å². The minimum Gasteiger partial charge on any atom is -0.382 e. The predicted molar refractivity (Wildman–Crippen MR) is 121 cm³/mol. The van der Waals surface area contributed by atoms with Gasteiger partial charge in [0.2, 0.25) is 0 Å². The quantitative estimate of drug-likeness (QED) is 0.818. The Morgan fingerprint density at radius 2 is 1.97 bits per heavy atom. The van der Waals surface area contributed by atoms with Gasteiger partial charge in [0.25, 0.3) is 0 Å². The lowest BCUT2D eigenvalue weighted by atomic mass is 9.65. The molecule has 6 nitrogen and oxygen atoms in total. The normalized spacial score (nSPS) is 29.0. The van der Waals surface area contributed by atoms with Crippen molar-refractivity contribution in [2.45, 2.75) is 57.2 Å². The number of rotatable bonds is 3. The van der Waals surface area contributed by atoms with Gasteiger partial charge in [0.15, 0.2) is 5.66 Å². The number of nitrogens with zero attached hydrogens (tertiary/aromatic N) is 4. The summed E-state index contributed by atoms with van der Waals surface area (Å²) in [6.07, 6.45) is 9.47. The largest absolute Gasteiger partial charge is 0.382 e. The molecular weight excluding hydrogens is 386 g/mol. The van der Waals surface area contributed by atoms with E-state index >= 15 is 0 Å². The molecule has 2 heterocycles. The molecule has 158 valence electrons. The summed E-state index contributed by atoms with van der Waals surface area (Å²) in [5, 5.41) is 9.27. The molecule has 1 unspecified atom stereocenters. The molecule has 0 amide bonds. The molecule has 1 atom stereocenters. The van der Waals surface area contributed by atoms with Crippen molar-refractivity contribution < 1.29 is 4.74 Å². The van der Waals surface area contributed by atoms with Crippen molar-refractivity contribution >= 4 is 11.5 Å². The van der Waals surface area contributed by atoms with Crippen LogP contribution >= 0.6 is 0 Å². The maximum absolute atomic E-state index is 9.27. The van der Waals surface area contributed by atoms with Crippen molar-refractivity contribution in [3.8, 4) is 17.2 Å². The molecule has 31 heavy (non-hydrogen) atoms. The smallest absolute Gasteiger partial charge is 0.184 e. The zero-order chi connectivity index (χ0) is 21.6. The van der Waals surface area contributed by atoms with Crippen LogP contribution in [-0.2, 0) is 16.8 Å². The van der Waals surface area contributed by atoms with Gasteiger partial charge in [-0.2, -0.15) is 5.26 Å². The van der Waals surface area contributed by atoms with Crippen LogP contribution in [0.25, 0.3) is 11.1 Å². The van der Waals surface area contributed by atoms with Crippen molar-refractivity contribution in [3.63, 3.8) is 0 Å². The van der Waals surface area contributed by atoms with E-state index < -0.39 is 5.66 Å². The summed E-state index contributed by atoms with van der Waals surface area (Å²) in [6.45, 7) is 2.08. The van der Waals surface area contributed by atoms with Crippen LogP contribution in [0.5, 0.6) is 0 Å². The Kier molecular flexibility index (Phi) is 4.67. The van der Waals surface area contributed by atoms with Gasteiger partial charge in [0.1, 0.15) is 11.9 Å². The fourth-order valence-electron chi connectivity index (χ4n) is 5.71. The molecule has 6 heteroatoms. The second kappa shape index (κ2) is 7.28. The van der Waals surface area contributed by atoms with Crippen molar-refractivity contribution in [1.82, 2.24) is 4.98 Å². The van der Waals surface area contributed by atoms with Crippen LogP contribution in [0.4, 0.5) is 0 Å². The Balaban J connectivity index is 1.65. The molecule has 2 spiro atoms. The highest BCUT2D eigenvalue weighted by atomic mass is 16.5. The molecule has 2 aliphatic carbocycles. The van der Waals surface area contributed by atoms with Crippen molar-refractivity contribution in [2.75, 3.05) is 7.11 Å². The zero-order valence-electron chi connectivity index (χ0n) is 18.1. The fourth-order valence-corrected chi connectivity index (χ4v) is 5.71. The molecule has 1 saturated carbocycles. The number of aliphatic imine (C=N–C) groups is 2. The van der Waals surface area contributed by atoms with Crippen LogP contribution in [0.15, 0.2) is 46.6 Å². The van der Waals surface area contributed by atoms with E-state index in [1.165, 1.54) is 5.56 Å². The maximum Gasteiger partial charge on any atom is 0.184 e. The number of hydrogen-bond acceptors (Lipinski definition) is 6. The van der Waals surface area contributed by atoms with Crippen molar-refractivity contribution in [3.05, 3.63) is 53.3 Å². The van der Waals surface area contributed by atoms with Crippen LogP contribution in [0.2, 0.25) is 0 Å². The summed E-state index contributed by atoms with van der Waals surface area (Å²) in [7, 11) is 1.80. The molecule has 2 aromatic rings. The first-order valence-corrected chi connectivity index (χ1v) is 11.0. The van der Waals surface area contributed by atoms with Gasteiger partial charge in [-0.15, -0.1) is 0 Å². The molecule has 1 aromatic carbocycles. The third-order valence-electron chi connectivity index (χ3n) is 7.39. The Morgan fingerprint density at radius 3 is 2.65 bits per heavy atom. The number of ether oxygens (including phenoxy) is 1. The molecule has 5 rings (SSSR count).